The molecule has 14 nitrogen and oxygen atoms in total. The molecular weight excluding hydrogens is 466 g/mol. The lowest BCUT2D eigenvalue weighted by molar-refractivity contribution is -0.144. The van der Waals surface area contributed by atoms with E-state index in [1.807, 2.05) is 5.32 Å². The van der Waals surface area contributed by atoms with Gasteiger partial charge in [-0.05, 0) is 31.0 Å². The molecule has 0 bridgehead atoms. The minimum absolute atomic E-state index is 0.0243. The largest absolute Gasteiger partial charge is 0.508 e. The van der Waals surface area contributed by atoms with Gasteiger partial charge < -0.3 is 42.7 Å². The number of hydrogen-bond acceptors (Lipinski definition) is 8. The van der Waals surface area contributed by atoms with Crippen LogP contribution in [0.5, 0.6) is 5.75 Å². The first kappa shape index (κ1) is 28.8. The molecule has 0 saturated heterocycles. The van der Waals surface area contributed by atoms with Crippen molar-refractivity contribution in [3.63, 3.8) is 0 Å². The van der Waals surface area contributed by atoms with Crippen LogP contribution >= 0.6 is 0 Å². The smallest absolute Gasteiger partial charge is 0.326 e. The normalized spacial score (nSPS) is 14.0. The first-order valence-electron chi connectivity index (χ1n) is 10.5. The third-order valence-electron chi connectivity index (χ3n) is 4.72. The van der Waals surface area contributed by atoms with Crippen molar-refractivity contribution in [3.8, 4) is 5.75 Å². The van der Waals surface area contributed by atoms with Crippen LogP contribution in [0.3, 0.4) is 0 Å². The number of carboxylic acid groups (broad SMARTS) is 2. The summed E-state index contributed by atoms with van der Waals surface area (Å²) in [6, 6.07) is 0.308. The Morgan fingerprint density at radius 2 is 1.37 bits per heavy atom. The van der Waals surface area contributed by atoms with Crippen molar-refractivity contribution < 1.29 is 44.1 Å². The number of carbonyl (C=O) groups is 6. The predicted molar refractivity (Wildman–Crippen MR) is 120 cm³/mol. The number of carbonyl (C=O) groups excluding carboxylic acids is 4. The number of phenols is 1. The van der Waals surface area contributed by atoms with Crippen LogP contribution in [0.4, 0.5) is 0 Å². The molecule has 4 amide bonds. The average molecular weight is 495 g/mol. The SMILES string of the molecule is CC(N)C(=O)NC(Cc1ccc(O)cc1)C(=O)NC(CCC(=O)O)C(=O)NC(CC(N)=O)C(=O)O. The first-order chi connectivity index (χ1) is 16.3. The molecule has 0 aliphatic heterocycles. The summed E-state index contributed by atoms with van der Waals surface area (Å²) in [6.45, 7) is 1.39. The molecule has 0 heterocycles. The van der Waals surface area contributed by atoms with Crippen LogP contribution < -0.4 is 27.4 Å². The lowest BCUT2D eigenvalue weighted by Gasteiger charge is -2.24. The van der Waals surface area contributed by atoms with E-state index in [1.165, 1.54) is 31.2 Å². The van der Waals surface area contributed by atoms with Gasteiger partial charge in [0.15, 0.2) is 0 Å². The molecule has 0 aromatic heterocycles. The molecule has 10 N–H and O–H groups in total. The van der Waals surface area contributed by atoms with Gasteiger partial charge in [-0.15, -0.1) is 0 Å². The van der Waals surface area contributed by atoms with Gasteiger partial charge in [0.1, 0.15) is 23.9 Å². The molecule has 192 valence electrons. The Morgan fingerprint density at radius 1 is 0.857 bits per heavy atom. The van der Waals surface area contributed by atoms with E-state index in [0.29, 0.717) is 5.56 Å². The number of nitrogens with one attached hydrogen (secondary N) is 3. The molecule has 0 radical (unpaired) electrons. The van der Waals surface area contributed by atoms with Crippen molar-refractivity contribution in [2.75, 3.05) is 0 Å². The monoisotopic (exact) mass is 495 g/mol. The van der Waals surface area contributed by atoms with Crippen LogP contribution in [-0.2, 0) is 35.2 Å². The summed E-state index contributed by atoms with van der Waals surface area (Å²) in [5.41, 5.74) is 11.1. The highest BCUT2D eigenvalue weighted by molar-refractivity contribution is 5.95. The Morgan fingerprint density at radius 3 is 1.86 bits per heavy atom. The lowest BCUT2D eigenvalue weighted by Crippen LogP contribution is -2.57. The van der Waals surface area contributed by atoms with Crippen LogP contribution in [0.25, 0.3) is 0 Å². The van der Waals surface area contributed by atoms with Gasteiger partial charge in [-0.25, -0.2) is 4.79 Å². The fourth-order valence-electron chi connectivity index (χ4n) is 2.86. The number of benzene rings is 1. The van der Waals surface area contributed by atoms with E-state index in [2.05, 4.69) is 10.6 Å². The Labute approximate surface area is 200 Å². The molecule has 0 saturated carbocycles. The van der Waals surface area contributed by atoms with Crippen LogP contribution in [-0.4, -0.2) is 75.1 Å². The van der Waals surface area contributed by atoms with Gasteiger partial charge in [0.25, 0.3) is 0 Å². The van der Waals surface area contributed by atoms with Crippen LogP contribution in [0.15, 0.2) is 24.3 Å². The van der Waals surface area contributed by atoms with Crippen molar-refractivity contribution in [2.24, 2.45) is 11.5 Å². The summed E-state index contributed by atoms with van der Waals surface area (Å²) >= 11 is 0. The Balaban J connectivity index is 3.12. The second kappa shape index (κ2) is 13.5. The Hall–Kier alpha value is -4.20. The summed E-state index contributed by atoms with van der Waals surface area (Å²) in [5, 5.41) is 34.4. The van der Waals surface area contributed by atoms with E-state index in [1.54, 1.807) is 0 Å². The molecule has 1 aromatic rings. The van der Waals surface area contributed by atoms with Gasteiger partial charge in [0.05, 0.1) is 12.5 Å². The quantitative estimate of drug-likeness (QED) is 0.135. The number of amides is 4. The first-order valence-corrected chi connectivity index (χ1v) is 10.5. The molecule has 0 aliphatic rings. The van der Waals surface area contributed by atoms with Crippen LogP contribution in [0.1, 0.15) is 31.7 Å². The summed E-state index contributed by atoms with van der Waals surface area (Å²) < 4.78 is 0. The summed E-state index contributed by atoms with van der Waals surface area (Å²) in [4.78, 5) is 71.2. The van der Waals surface area contributed by atoms with E-state index in [-0.39, 0.29) is 12.2 Å². The maximum Gasteiger partial charge on any atom is 0.326 e. The molecule has 35 heavy (non-hydrogen) atoms. The standard InChI is InChI=1S/C21H29N5O9/c1-10(22)18(31)25-14(8-11-2-4-12(27)5-3-11)20(33)24-13(6-7-17(29)30)19(32)26-15(21(34)35)9-16(23)28/h2-5,10,13-15,27H,6-9,22H2,1H3,(H2,23,28)(H,24,33)(H,25,31)(H,26,32)(H,29,30)(H,34,35). The van der Waals surface area contributed by atoms with Crippen molar-refractivity contribution in [3.05, 3.63) is 29.8 Å². The van der Waals surface area contributed by atoms with Gasteiger partial charge in [-0.2, -0.15) is 0 Å². The molecule has 0 fully saturated rings. The zero-order chi connectivity index (χ0) is 26.7. The maximum absolute atomic E-state index is 13.0. The highest BCUT2D eigenvalue weighted by atomic mass is 16.4. The fraction of sp³-hybridized carbons (Fsp3) is 0.429. The number of primary amides is 1. The van der Waals surface area contributed by atoms with Gasteiger partial charge in [0.2, 0.25) is 23.6 Å². The van der Waals surface area contributed by atoms with Gasteiger partial charge in [-0.1, -0.05) is 12.1 Å². The van der Waals surface area contributed by atoms with Crippen molar-refractivity contribution >= 4 is 35.6 Å². The second-order valence-electron chi connectivity index (χ2n) is 7.78. The maximum atomic E-state index is 13.0. The molecule has 1 rings (SSSR count). The Bertz CT molecular complexity index is 949. The second-order valence-corrected chi connectivity index (χ2v) is 7.78. The van der Waals surface area contributed by atoms with E-state index in [0.717, 1.165) is 0 Å². The number of aromatic hydroxyl groups is 1. The minimum Gasteiger partial charge on any atom is -0.508 e. The molecule has 4 atom stereocenters. The van der Waals surface area contributed by atoms with E-state index >= 15 is 0 Å². The van der Waals surface area contributed by atoms with Crippen molar-refractivity contribution in [1.82, 2.24) is 16.0 Å². The van der Waals surface area contributed by atoms with Crippen molar-refractivity contribution in [1.29, 1.82) is 0 Å². The van der Waals surface area contributed by atoms with Crippen molar-refractivity contribution in [2.45, 2.75) is 56.8 Å². The van der Waals surface area contributed by atoms with E-state index in [4.69, 9.17) is 16.6 Å². The van der Waals surface area contributed by atoms with Crippen LogP contribution in [0, 0.1) is 0 Å². The number of carboxylic acids is 2. The van der Waals surface area contributed by atoms with E-state index in [9.17, 15) is 39.0 Å². The number of nitrogens with two attached hydrogens (primary N) is 2. The number of rotatable bonds is 14. The topological polar surface area (TPSA) is 251 Å². The Kier molecular flexibility index (Phi) is 11.1. The summed E-state index contributed by atoms with van der Waals surface area (Å²) in [7, 11) is 0. The highest BCUT2D eigenvalue weighted by Gasteiger charge is 2.31. The van der Waals surface area contributed by atoms with E-state index < -0.39 is 79.0 Å². The molecule has 4 unspecified atom stereocenters. The minimum atomic E-state index is -1.70. The van der Waals surface area contributed by atoms with Gasteiger partial charge >= 0.3 is 11.9 Å². The molecule has 0 aliphatic carbocycles. The summed E-state index contributed by atoms with van der Waals surface area (Å²) in [6.07, 6.45) is -1.77. The third kappa shape index (κ3) is 10.5. The zero-order valence-electron chi connectivity index (χ0n) is 18.9. The van der Waals surface area contributed by atoms with Gasteiger partial charge in [0, 0.05) is 12.8 Å². The predicted octanol–water partition coefficient (Wildman–Crippen LogP) is -2.44. The number of phenolic OH excluding ortho intramolecular Hbond substituents is 1. The number of aliphatic carboxylic acids is 2. The highest BCUT2D eigenvalue weighted by Crippen LogP contribution is 2.12. The van der Waals surface area contributed by atoms with Crippen LogP contribution in [0.2, 0.25) is 0 Å². The summed E-state index contributed by atoms with van der Waals surface area (Å²) in [5.74, 6) is -6.48. The molecular formula is C21H29N5O9. The lowest BCUT2D eigenvalue weighted by atomic mass is 10.0. The third-order valence-corrected chi connectivity index (χ3v) is 4.72. The molecule has 0 spiro atoms. The number of hydrogen-bond donors (Lipinski definition) is 8. The zero-order valence-corrected chi connectivity index (χ0v) is 18.9. The average Bonchev–Trinajstić information content (AvgIpc) is 2.76. The van der Waals surface area contributed by atoms with Gasteiger partial charge in [-0.3, -0.25) is 24.0 Å². The molecule has 1 aromatic carbocycles. The fourth-order valence-corrected chi connectivity index (χ4v) is 2.86. The molecule has 14 heteroatoms.